The Morgan fingerprint density at radius 2 is 2.00 bits per heavy atom. The fourth-order valence-corrected chi connectivity index (χ4v) is 2.62. The lowest BCUT2D eigenvalue weighted by Gasteiger charge is -2.21. The molecule has 0 amide bonds. The van der Waals surface area contributed by atoms with E-state index in [0.717, 1.165) is 24.3 Å². The molecular weight excluding hydrogens is 255 g/mol. The number of para-hydroxylation sites is 2. The van der Waals surface area contributed by atoms with Crippen molar-refractivity contribution < 1.29 is 9.13 Å². The second-order valence-electron chi connectivity index (χ2n) is 4.87. The van der Waals surface area contributed by atoms with E-state index in [0.29, 0.717) is 18.9 Å². The molecule has 1 aliphatic heterocycles. The number of anilines is 2. The van der Waals surface area contributed by atoms with Crippen molar-refractivity contribution in [3.05, 3.63) is 53.8 Å². The third-order valence-electron chi connectivity index (χ3n) is 3.57. The average molecular weight is 272 g/mol. The van der Waals surface area contributed by atoms with Crippen LogP contribution in [0.5, 0.6) is 5.75 Å². The van der Waals surface area contributed by atoms with Crippen LogP contribution in [0.1, 0.15) is 5.56 Å². The van der Waals surface area contributed by atoms with Gasteiger partial charge in [0.1, 0.15) is 6.61 Å². The maximum Gasteiger partial charge on any atom is 0.165 e. The predicted octanol–water partition coefficient (Wildman–Crippen LogP) is 2.85. The lowest BCUT2D eigenvalue weighted by atomic mass is 10.1. The molecule has 0 aromatic heterocycles. The van der Waals surface area contributed by atoms with Gasteiger partial charge >= 0.3 is 0 Å². The first-order valence-electron chi connectivity index (χ1n) is 6.75. The summed E-state index contributed by atoms with van der Waals surface area (Å²) in [6.45, 7) is 2.08. The molecule has 0 spiro atoms. The minimum atomic E-state index is -0.325. The predicted molar refractivity (Wildman–Crippen MR) is 78.7 cm³/mol. The highest BCUT2D eigenvalue weighted by molar-refractivity contribution is 5.74. The Kier molecular flexibility index (Phi) is 3.46. The molecule has 4 heteroatoms. The van der Waals surface area contributed by atoms with Crippen LogP contribution in [0.15, 0.2) is 42.5 Å². The van der Waals surface area contributed by atoms with Gasteiger partial charge in [0.05, 0.1) is 17.9 Å². The van der Waals surface area contributed by atoms with Crippen LogP contribution in [0.25, 0.3) is 0 Å². The molecule has 1 heterocycles. The highest BCUT2D eigenvalue weighted by atomic mass is 19.1. The third kappa shape index (κ3) is 2.41. The number of halogens is 1. The fourth-order valence-electron chi connectivity index (χ4n) is 2.62. The van der Waals surface area contributed by atoms with Crippen LogP contribution >= 0.6 is 0 Å². The third-order valence-corrected chi connectivity index (χ3v) is 3.57. The smallest absolute Gasteiger partial charge is 0.165 e. The number of nitrogen functional groups attached to an aromatic ring is 1. The molecule has 2 aromatic carbocycles. The van der Waals surface area contributed by atoms with E-state index in [9.17, 15) is 4.39 Å². The number of nitrogens with two attached hydrogens (primary N) is 1. The summed E-state index contributed by atoms with van der Waals surface area (Å²) in [5.41, 5.74) is 9.20. The monoisotopic (exact) mass is 272 g/mol. The van der Waals surface area contributed by atoms with Gasteiger partial charge in [0.25, 0.3) is 0 Å². The first-order chi connectivity index (χ1) is 9.75. The molecule has 0 unspecified atom stereocenters. The number of hydrogen-bond donors (Lipinski definition) is 1. The molecule has 0 saturated carbocycles. The van der Waals surface area contributed by atoms with E-state index in [1.54, 1.807) is 18.2 Å². The van der Waals surface area contributed by atoms with Gasteiger partial charge in [-0.3, -0.25) is 0 Å². The van der Waals surface area contributed by atoms with E-state index in [1.165, 1.54) is 11.6 Å². The molecule has 0 aliphatic carbocycles. The van der Waals surface area contributed by atoms with Gasteiger partial charge in [0, 0.05) is 6.54 Å². The maximum atomic E-state index is 13.4. The summed E-state index contributed by atoms with van der Waals surface area (Å²) >= 11 is 0. The fraction of sp³-hybridized carbons (Fsp3) is 0.250. The molecule has 0 fully saturated rings. The summed E-state index contributed by atoms with van der Waals surface area (Å²) in [6.07, 6.45) is 1.00. The number of fused-ring (bicyclic) bond motifs is 1. The Morgan fingerprint density at radius 1 is 1.15 bits per heavy atom. The van der Waals surface area contributed by atoms with Crippen LogP contribution in [0.3, 0.4) is 0 Å². The first-order valence-corrected chi connectivity index (χ1v) is 6.75. The van der Waals surface area contributed by atoms with Crippen LogP contribution < -0.4 is 15.4 Å². The van der Waals surface area contributed by atoms with Crippen molar-refractivity contribution in [3.63, 3.8) is 0 Å². The largest absolute Gasteiger partial charge is 0.489 e. The summed E-state index contributed by atoms with van der Waals surface area (Å²) < 4.78 is 18.9. The SMILES string of the molecule is Nc1cccc2c1N(CCOc1ccccc1F)CC2. The van der Waals surface area contributed by atoms with Crippen molar-refractivity contribution in [3.8, 4) is 5.75 Å². The average Bonchev–Trinajstić information content (AvgIpc) is 2.86. The molecule has 0 radical (unpaired) electrons. The van der Waals surface area contributed by atoms with Crippen LogP contribution in [0, 0.1) is 5.82 Å². The molecular formula is C16H17FN2O. The zero-order chi connectivity index (χ0) is 13.9. The summed E-state index contributed by atoms with van der Waals surface area (Å²) in [4.78, 5) is 2.20. The highest BCUT2D eigenvalue weighted by Gasteiger charge is 2.20. The van der Waals surface area contributed by atoms with Crippen LogP contribution in [-0.2, 0) is 6.42 Å². The van der Waals surface area contributed by atoms with E-state index in [1.807, 2.05) is 12.1 Å². The van der Waals surface area contributed by atoms with Crippen molar-refractivity contribution in [1.82, 2.24) is 0 Å². The van der Waals surface area contributed by atoms with E-state index < -0.39 is 0 Å². The molecule has 104 valence electrons. The Hall–Kier alpha value is -2.23. The Balaban J connectivity index is 1.63. The van der Waals surface area contributed by atoms with Gasteiger partial charge in [-0.05, 0) is 30.2 Å². The van der Waals surface area contributed by atoms with E-state index in [4.69, 9.17) is 10.5 Å². The molecule has 0 atom stereocenters. The lowest BCUT2D eigenvalue weighted by molar-refractivity contribution is 0.308. The molecule has 2 N–H and O–H groups in total. The van der Waals surface area contributed by atoms with Crippen molar-refractivity contribution in [2.75, 3.05) is 30.3 Å². The van der Waals surface area contributed by atoms with Gasteiger partial charge in [-0.2, -0.15) is 0 Å². The molecule has 1 aliphatic rings. The number of hydrogen-bond acceptors (Lipinski definition) is 3. The topological polar surface area (TPSA) is 38.5 Å². The lowest BCUT2D eigenvalue weighted by Crippen LogP contribution is -2.27. The van der Waals surface area contributed by atoms with E-state index >= 15 is 0 Å². The summed E-state index contributed by atoms with van der Waals surface area (Å²) in [5.74, 6) is -0.0261. The summed E-state index contributed by atoms with van der Waals surface area (Å²) in [5, 5.41) is 0. The zero-order valence-corrected chi connectivity index (χ0v) is 11.2. The van der Waals surface area contributed by atoms with Gasteiger partial charge in [0.15, 0.2) is 11.6 Å². The van der Waals surface area contributed by atoms with Crippen LogP contribution in [0.2, 0.25) is 0 Å². The number of ether oxygens (including phenoxy) is 1. The van der Waals surface area contributed by atoms with Crippen LogP contribution in [0.4, 0.5) is 15.8 Å². The number of nitrogens with zero attached hydrogens (tertiary/aromatic N) is 1. The Labute approximate surface area is 117 Å². The quantitative estimate of drug-likeness (QED) is 0.870. The van der Waals surface area contributed by atoms with Crippen LogP contribution in [-0.4, -0.2) is 19.7 Å². The first kappa shape index (κ1) is 12.8. The van der Waals surface area contributed by atoms with E-state index in [2.05, 4.69) is 11.0 Å². The summed E-state index contributed by atoms with van der Waals surface area (Å²) in [7, 11) is 0. The van der Waals surface area contributed by atoms with Crippen molar-refractivity contribution in [2.45, 2.75) is 6.42 Å². The van der Waals surface area contributed by atoms with Gasteiger partial charge in [-0.1, -0.05) is 24.3 Å². The molecule has 0 saturated heterocycles. The van der Waals surface area contributed by atoms with Crippen molar-refractivity contribution in [1.29, 1.82) is 0 Å². The molecule has 3 rings (SSSR count). The highest BCUT2D eigenvalue weighted by Crippen LogP contribution is 2.33. The minimum absolute atomic E-state index is 0.299. The van der Waals surface area contributed by atoms with Gasteiger partial charge in [-0.15, -0.1) is 0 Å². The second kappa shape index (κ2) is 5.41. The Morgan fingerprint density at radius 3 is 2.85 bits per heavy atom. The molecule has 3 nitrogen and oxygen atoms in total. The number of benzene rings is 2. The summed E-state index contributed by atoms with van der Waals surface area (Å²) in [6, 6.07) is 12.5. The maximum absolute atomic E-state index is 13.4. The second-order valence-corrected chi connectivity index (χ2v) is 4.87. The standard InChI is InChI=1S/C16H17FN2O/c17-13-5-1-2-7-15(13)20-11-10-19-9-8-12-4-3-6-14(18)16(12)19/h1-7H,8-11,18H2. The van der Waals surface area contributed by atoms with E-state index in [-0.39, 0.29) is 5.82 Å². The molecule has 20 heavy (non-hydrogen) atoms. The number of rotatable bonds is 4. The van der Waals surface area contributed by atoms with Gasteiger partial charge in [-0.25, -0.2) is 4.39 Å². The van der Waals surface area contributed by atoms with Crippen molar-refractivity contribution in [2.24, 2.45) is 0 Å². The van der Waals surface area contributed by atoms with Crippen molar-refractivity contribution >= 4 is 11.4 Å². The van der Waals surface area contributed by atoms with Gasteiger partial charge in [0.2, 0.25) is 0 Å². The molecule has 0 bridgehead atoms. The Bertz CT molecular complexity index is 615. The molecule has 2 aromatic rings. The zero-order valence-electron chi connectivity index (χ0n) is 11.2. The van der Waals surface area contributed by atoms with Gasteiger partial charge < -0.3 is 15.4 Å². The minimum Gasteiger partial charge on any atom is -0.489 e. The normalized spacial score (nSPS) is 13.3.